The summed E-state index contributed by atoms with van der Waals surface area (Å²) in [4.78, 5) is 16.2. The van der Waals surface area contributed by atoms with Gasteiger partial charge in [0.25, 0.3) is 0 Å². The monoisotopic (exact) mass is 515 g/mol. The topological polar surface area (TPSA) is 40.5 Å². The molecule has 1 fully saturated rings. The molecule has 1 aliphatic heterocycles. The second-order valence-corrected chi connectivity index (χ2v) is 10.1. The van der Waals surface area contributed by atoms with Gasteiger partial charge in [0.05, 0.1) is 18.1 Å². The number of rotatable bonds is 8. The molecule has 4 aromatic rings. The van der Waals surface area contributed by atoms with Crippen LogP contribution in [0.15, 0.2) is 102 Å². The molecule has 0 aromatic heterocycles. The molecule has 37 heavy (non-hydrogen) atoms. The second kappa shape index (κ2) is 10.9. The van der Waals surface area contributed by atoms with E-state index in [9.17, 15) is 18.7 Å². The van der Waals surface area contributed by atoms with Gasteiger partial charge in [-0.25, -0.2) is 8.78 Å². The Labute approximate surface area is 219 Å². The van der Waals surface area contributed by atoms with E-state index in [-0.39, 0.29) is 29.5 Å². The van der Waals surface area contributed by atoms with E-state index in [4.69, 9.17) is 0 Å². The lowest BCUT2D eigenvalue weighted by molar-refractivity contribution is -0.131. The molecule has 4 aromatic carbocycles. The van der Waals surface area contributed by atoms with Crippen LogP contribution < -0.4 is 4.90 Å². The van der Waals surface area contributed by atoms with Gasteiger partial charge in [0.1, 0.15) is 11.6 Å². The first-order chi connectivity index (χ1) is 17.9. The van der Waals surface area contributed by atoms with E-state index in [1.54, 1.807) is 40.9 Å². The van der Waals surface area contributed by atoms with Crippen molar-refractivity contribution < 1.29 is 18.7 Å². The normalized spacial score (nSPS) is 17.9. The minimum absolute atomic E-state index is 0.0559. The zero-order valence-electron chi connectivity index (χ0n) is 20.4. The first kappa shape index (κ1) is 25.2. The number of amides is 1. The number of nitrogens with zero attached hydrogens (tertiary/aromatic N) is 1. The van der Waals surface area contributed by atoms with E-state index in [1.807, 2.05) is 24.5 Å². The Kier molecular flexibility index (Phi) is 7.40. The number of benzene rings is 4. The van der Waals surface area contributed by atoms with Crippen molar-refractivity contribution in [3.05, 3.63) is 120 Å². The summed E-state index contributed by atoms with van der Waals surface area (Å²) in [5.41, 5.74) is 4.45. The maximum Gasteiger partial charge on any atom is 0.233 e. The van der Waals surface area contributed by atoms with Crippen molar-refractivity contribution in [2.75, 3.05) is 11.2 Å². The van der Waals surface area contributed by atoms with E-state index in [1.165, 1.54) is 29.2 Å². The fraction of sp³-hybridized carbons (Fsp3) is 0.194. The fourth-order valence-corrected chi connectivity index (χ4v) is 5.42. The molecule has 0 unspecified atom stereocenters. The number of hydrogen-bond donors (Lipinski definition) is 1. The van der Waals surface area contributed by atoms with Gasteiger partial charge in [-0.2, -0.15) is 0 Å². The van der Waals surface area contributed by atoms with E-state index < -0.39 is 6.10 Å². The van der Waals surface area contributed by atoms with Crippen LogP contribution in [0.25, 0.3) is 11.1 Å². The molecular formula is C31H27F2NO2S. The first-order valence-corrected chi connectivity index (χ1v) is 13.4. The molecule has 3 nitrogen and oxygen atoms in total. The molecule has 1 saturated heterocycles. The van der Waals surface area contributed by atoms with Crippen LogP contribution in [-0.2, 0) is 4.79 Å². The third-order valence-electron chi connectivity index (χ3n) is 6.98. The molecule has 6 heteroatoms. The summed E-state index contributed by atoms with van der Waals surface area (Å²) in [6, 6.07) is 28.0. The summed E-state index contributed by atoms with van der Waals surface area (Å²) >= 11 is 1.69. The Hall–Kier alpha value is -3.48. The molecule has 0 radical (unpaired) electrons. The van der Waals surface area contributed by atoms with Gasteiger partial charge < -0.3 is 10.0 Å². The third-order valence-corrected chi connectivity index (χ3v) is 7.71. The molecule has 0 bridgehead atoms. The van der Waals surface area contributed by atoms with Crippen LogP contribution in [0.4, 0.5) is 14.5 Å². The fourth-order valence-electron chi connectivity index (χ4n) is 4.97. The number of aliphatic hydroxyl groups is 1. The van der Waals surface area contributed by atoms with Gasteiger partial charge in [0.15, 0.2) is 0 Å². The standard InChI is InChI=1S/C31H27F2NO2S/c1-37-27-4-2-3-23(19-27)20-5-7-22(8-6-20)30-28(17-18-29(35)21-9-11-24(32)12-10-21)31(36)34(30)26-15-13-25(33)14-16-26/h2-16,19,28-30,35H,17-18H2,1H3/t28-,29+,30-/m1/s1. The molecular weight excluding hydrogens is 488 g/mol. The number of aliphatic hydroxyl groups excluding tert-OH is 1. The predicted octanol–water partition coefficient (Wildman–Crippen LogP) is 7.57. The SMILES string of the molecule is CSc1cccc(-c2ccc([C@@H]3[C@@H](CC[C@H](O)c4ccc(F)cc4)C(=O)N3c3ccc(F)cc3)cc2)c1. The Morgan fingerprint density at radius 1 is 0.865 bits per heavy atom. The summed E-state index contributed by atoms with van der Waals surface area (Å²) in [6.45, 7) is 0. The maximum absolute atomic E-state index is 13.6. The van der Waals surface area contributed by atoms with Crippen LogP contribution in [-0.4, -0.2) is 17.3 Å². The molecule has 5 rings (SSSR count). The predicted molar refractivity (Wildman–Crippen MR) is 144 cm³/mol. The number of β-lactam (4-membered cyclic amide) rings is 1. The van der Waals surface area contributed by atoms with Crippen molar-refractivity contribution in [2.24, 2.45) is 5.92 Å². The summed E-state index contributed by atoms with van der Waals surface area (Å²) < 4.78 is 26.8. The zero-order valence-corrected chi connectivity index (χ0v) is 21.2. The average Bonchev–Trinajstić information content (AvgIpc) is 2.93. The van der Waals surface area contributed by atoms with Crippen molar-refractivity contribution >= 4 is 23.4 Å². The van der Waals surface area contributed by atoms with Crippen LogP contribution in [0.5, 0.6) is 0 Å². The van der Waals surface area contributed by atoms with Crippen LogP contribution >= 0.6 is 11.8 Å². The minimum Gasteiger partial charge on any atom is -0.388 e. The molecule has 0 spiro atoms. The van der Waals surface area contributed by atoms with Gasteiger partial charge in [-0.05, 0) is 89.9 Å². The van der Waals surface area contributed by atoms with Crippen molar-refractivity contribution in [1.82, 2.24) is 0 Å². The lowest BCUT2D eigenvalue weighted by Crippen LogP contribution is -2.55. The molecule has 3 atom stereocenters. The van der Waals surface area contributed by atoms with Crippen LogP contribution in [0.2, 0.25) is 0 Å². The lowest BCUT2D eigenvalue weighted by Gasteiger charge is -2.48. The molecule has 0 aliphatic carbocycles. The Morgan fingerprint density at radius 2 is 1.51 bits per heavy atom. The Morgan fingerprint density at radius 3 is 2.16 bits per heavy atom. The first-order valence-electron chi connectivity index (χ1n) is 12.2. The van der Waals surface area contributed by atoms with Gasteiger partial charge in [0.2, 0.25) is 5.91 Å². The van der Waals surface area contributed by atoms with E-state index in [0.717, 1.165) is 16.7 Å². The lowest BCUT2D eigenvalue weighted by atomic mass is 9.78. The summed E-state index contributed by atoms with van der Waals surface area (Å²) in [7, 11) is 0. The van der Waals surface area contributed by atoms with Gasteiger partial charge in [0, 0.05) is 10.6 Å². The van der Waals surface area contributed by atoms with Gasteiger partial charge in [-0.15, -0.1) is 11.8 Å². The molecule has 1 amide bonds. The molecule has 0 saturated carbocycles. The number of carbonyl (C=O) groups excluding carboxylic acids is 1. The van der Waals surface area contributed by atoms with Gasteiger partial charge >= 0.3 is 0 Å². The summed E-state index contributed by atoms with van der Waals surface area (Å²) in [5.74, 6) is -1.10. The minimum atomic E-state index is -0.792. The van der Waals surface area contributed by atoms with Crippen molar-refractivity contribution in [3.8, 4) is 11.1 Å². The highest BCUT2D eigenvalue weighted by Crippen LogP contribution is 2.46. The highest BCUT2D eigenvalue weighted by molar-refractivity contribution is 7.98. The largest absolute Gasteiger partial charge is 0.388 e. The van der Waals surface area contributed by atoms with E-state index >= 15 is 0 Å². The van der Waals surface area contributed by atoms with E-state index in [2.05, 4.69) is 30.3 Å². The third kappa shape index (κ3) is 5.31. The highest BCUT2D eigenvalue weighted by atomic mass is 32.2. The highest BCUT2D eigenvalue weighted by Gasteiger charge is 2.48. The number of thioether (sulfide) groups is 1. The number of carbonyl (C=O) groups is 1. The van der Waals surface area contributed by atoms with Crippen molar-refractivity contribution in [2.45, 2.75) is 29.9 Å². The van der Waals surface area contributed by atoms with E-state index in [0.29, 0.717) is 24.1 Å². The molecule has 1 aliphatic rings. The summed E-state index contributed by atoms with van der Waals surface area (Å²) in [6.07, 6.45) is 2.10. The number of halogens is 2. The van der Waals surface area contributed by atoms with Gasteiger partial charge in [-0.3, -0.25) is 4.79 Å². The Bertz CT molecular complexity index is 1370. The van der Waals surface area contributed by atoms with Crippen molar-refractivity contribution in [3.63, 3.8) is 0 Å². The molecule has 1 N–H and O–H groups in total. The second-order valence-electron chi connectivity index (χ2n) is 9.23. The van der Waals surface area contributed by atoms with Crippen molar-refractivity contribution in [1.29, 1.82) is 0 Å². The average molecular weight is 516 g/mol. The maximum atomic E-state index is 13.6. The zero-order chi connectivity index (χ0) is 25.9. The Balaban J connectivity index is 1.40. The molecule has 188 valence electrons. The van der Waals surface area contributed by atoms with Crippen LogP contribution in [0, 0.1) is 17.6 Å². The quantitative estimate of drug-likeness (QED) is 0.194. The number of anilines is 1. The smallest absolute Gasteiger partial charge is 0.233 e. The van der Waals surface area contributed by atoms with Crippen LogP contribution in [0.1, 0.15) is 36.1 Å². The summed E-state index contributed by atoms with van der Waals surface area (Å²) in [5, 5.41) is 10.7. The van der Waals surface area contributed by atoms with Gasteiger partial charge in [-0.1, -0.05) is 48.5 Å². The molecule has 1 heterocycles. The number of hydrogen-bond acceptors (Lipinski definition) is 3. The van der Waals surface area contributed by atoms with Crippen LogP contribution in [0.3, 0.4) is 0 Å².